The van der Waals surface area contributed by atoms with E-state index in [1.807, 2.05) is 49.4 Å². The monoisotopic (exact) mass is 448 g/mol. The molecule has 1 aliphatic rings. The summed E-state index contributed by atoms with van der Waals surface area (Å²) in [6.45, 7) is 7.08. The molecule has 8 nitrogen and oxygen atoms in total. The van der Waals surface area contributed by atoms with Crippen LogP contribution in [-0.2, 0) is 4.74 Å². The van der Waals surface area contributed by atoms with Crippen molar-refractivity contribution in [2.75, 3.05) is 31.2 Å². The number of para-hydroxylation sites is 1. The summed E-state index contributed by atoms with van der Waals surface area (Å²) in [5, 5.41) is 13.9. The molecule has 32 heavy (non-hydrogen) atoms. The molecule has 5 rings (SSSR count). The van der Waals surface area contributed by atoms with Gasteiger partial charge in [-0.25, -0.2) is 0 Å². The van der Waals surface area contributed by atoms with Gasteiger partial charge in [-0.3, -0.25) is 4.57 Å². The van der Waals surface area contributed by atoms with Gasteiger partial charge in [-0.15, -0.1) is 10.2 Å². The van der Waals surface area contributed by atoms with E-state index in [1.54, 1.807) is 11.8 Å². The predicted molar refractivity (Wildman–Crippen MR) is 123 cm³/mol. The van der Waals surface area contributed by atoms with Crippen molar-refractivity contribution in [3.8, 4) is 17.1 Å². The van der Waals surface area contributed by atoms with Crippen molar-refractivity contribution in [1.29, 1.82) is 0 Å². The number of aromatic nitrogens is 5. The van der Waals surface area contributed by atoms with Gasteiger partial charge in [0, 0.05) is 18.7 Å². The van der Waals surface area contributed by atoms with Gasteiger partial charge in [0.25, 0.3) is 0 Å². The molecule has 0 aliphatic carbocycles. The molecule has 3 heterocycles. The Bertz CT molecular complexity index is 1190. The van der Waals surface area contributed by atoms with E-state index < -0.39 is 0 Å². The van der Waals surface area contributed by atoms with Crippen molar-refractivity contribution in [3.05, 3.63) is 66.1 Å². The lowest BCUT2D eigenvalue weighted by atomic mass is 10.2. The second-order valence-corrected chi connectivity index (χ2v) is 8.89. The first-order chi connectivity index (χ1) is 15.7. The molecule has 0 N–H and O–H groups in total. The summed E-state index contributed by atoms with van der Waals surface area (Å²) in [7, 11) is 0. The first kappa shape index (κ1) is 20.7. The van der Waals surface area contributed by atoms with Crippen LogP contribution in [0.2, 0.25) is 0 Å². The maximum atomic E-state index is 5.58. The SMILES string of the molecule is Cc1ccccc1-n1c(SC(C)c2nc(-c3ccccc3)no2)nnc1N1CCOCC1. The number of benzene rings is 2. The van der Waals surface area contributed by atoms with Crippen LogP contribution in [0.15, 0.2) is 64.3 Å². The molecule has 1 unspecified atom stereocenters. The number of nitrogens with zero attached hydrogens (tertiary/aromatic N) is 6. The highest BCUT2D eigenvalue weighted by Crippen LogP contribution is 2.37. The molecular weight excluding hydrogens is 424 g/mol. The Hall–Kier alpha value is -3.17. The summed E-state index contributed by atoms with van der Waals surface area (Å²) >= 11 is 1.56. The van der Waals surface area contributed by atoms with E-state index in [4.69, 9.17) is 9.26 Å². The van der Waals surface area contributed by atoms with Crippen molar-refractivity contribution < 1.29 is 9.26 Å². The normalized spacial score (nSPS) is 15.1. The number of ether oxygens (including phenoxy) is 1. The van der Waals surface area contributed by atoms with Gasteiger partial charge in [-0.2, -0.15) is 4.98 Å². The molecule has 1 atom stereocenters. The van der Waals surface area contributed by atoms with Crippen LogP contribution < -0.4 is 4.90 Å². The van der Waals surface area contributed by atoms with E-state index in [1.165, 1.54) is 0 Å². The maximum absolute atomic E-state index is 5.58. The van der Waals surface area contributed by atoms with Gasteiger partial charge in [-0.1, -0.05) is 65.4 Å². The Morgan fingerprint density at radius 3 is 2.50 bits per heavy atom. The predicted octanol–water partition coefficient (Wildman–Crippen LogP) is 4.32. The lowest BCUT2D eigenvalue weighted by Crippen LogP contribution is -2.38. The number of thioether (sulfide) groups is 1. The number of aryl methyl sites for hydroxylation is 1. The lowest BCUT2D eigenvalue weighted by molar-refractivity contribution is 0.122. The molecule has 2 aromatic carbocycles. The van der Waals surface area contributed by atoms with Gasteiger partial charge in [0.1, 0.15) is 0 Å². The van der Waals surface area contributed by atoms with Crippen molar-refractivity contribution in [3.63, 3.8) is 0 Å². The van der Waals surface area contributed by atoms with Crippen molar-refractivity contribution in [2.24, 2.45) is 0 Å². The Morgan fingerprint density at radius 2 is 1.72 bits per heavy atom. The van der Waals surface area contributed by atoms with Crippen LogP contribution in [0.25, 0.3) is 17.1 Å². The van der Waals surface area contributed by atoms with Crippen LogP contribution in [0.1, 0.15) is 23.6 Å². The molecule has 0 bridgehead atoms. The van der Waals surface area contributed by atoms with Crippen LogP contribution in [0.5, 0.6) is 0 Å². The summed E-state index contributed by atoms with van der Waals surface area (Å²) in [6, 6.07) is 18.1. The Balaban J connectivity index is 1.46. The number of rotatable bonds is 6. The standard InChI is InChI=1S/C23H24N6O2S/c1-16-8-6-7-11-19(16)29-22(28-12-14-30-15-13-28)25-26-23(29)32-17(2)21-24-20(27-31-21)18-9-4-3-5-10-18/h3-11,17H,12-15H2,1-2H3. The molecule has 9 heteroatoms. The first-order valence-electron chi connectivity index (χ1n) is 10.6. The summed E-state index contributed by atoms with van der Waals surface area (Å²) in [5.41, 5.74) is 3.14. The quantitative estimate of drug-likeness (QED) is 0.404. The third kappa shape index (κ3) is 4.13. The second kappa shape index (κ2) is 9.13. The van der Waals surface area contributed by atoms with Gasteiger partial charge >= 0.3 is 0 Å². The fourth-order valence-corrected chi connectivity index (χ4v) is 4.53. The van der Waals surface area contributed by atoms with Gasteiger partial charge in [0.15, 0.2) is 5.16 Å². The Labute approximate surface area is 190 Å². The molecule has 1 fully saturated rings. The zero-order chi connectivity index (χ0) is 21.9. The molecular formula is C23H24N6O2S. The average Bonchev–Trinajstić information content (AvgIpc) is 3.49. The average molecular weight is 449 g/mol. The molecule has 1 aliphatic heterocycles. The number of anilines is 1. The summed E-state index contributed by atoms with van der Waals surface area (Å²) < 4.78 is 13.2. The Morgan fingerprint density at radius 1 is 0.969 bits per heavy atom. The summed E-state index contributed by atoms with van der Waals surface area (Å²) in [5.74, 6) is 1.97. The van der Waals surface area contributed by atoms with Crippen LogP contribution in [0.3, 0.4) is 0 Å². The van der Waals surface area contributed by atoms with Gasteiger partial charge in [0.05, 0.1) is 24.2 Å². The van der Waals surface area contributed by atoms with E-state index in [2.05, 4.69) is 48.9 Å². The van der Waals surface area contributed by atoms with Gasteiger partial charge in [-0.05, 0) is 25.5 Å². The minimum absolute atomic E-state index is 0.0931. The first-order valence-corrected chi connectivity index (χ1v) is 11.5. The van der Waals surface area contributed by atoms with Crippen molar-refractivity contribution in [2.45, 2.75) is 24.3 Å². The van der Waals surface area contributed by atoms with Crippen LogP contribution in [0.4, 0.5) is 5.95 Å². The zero-order valence-electron chi connectivity index (χ0n) is 18.0. The van der Waals surface area contributed by atoms with E-state index in [9.17, 15) is 0 Å². The molecule has 0 amide bonds. The minimum Gasteiger partial charge on any atom is -0.378 e. The maximum Gasteiger partial charge on any atom is 0.240 e. The minimum atomic E-state index is -0.0931. The highest BCUT2D eigenvalue weighted by molar-refractivity contribution is 7.99. The second-order valence-electron chi connectivity index (χ2n) is 7.59. The van der Waals surface area contributed by atoms with Gasteiger partial charge in [0.2, 0.25) is 17.7 Å². The van der Waals surface area contributed by atoms with E-state index in [-0.39, 0.29) is 5.25 Å². The van der Waals surface area contributed by atoms with Crippen LogP contribution in [0, 0.1) is 6.92 Å². The number of hydrogen-bond donors (Lipinski definition) is 0. The van der Waals surface area contributed by atoms with Crippen LogP contribution >= 0.6 is 11.8 Å². The zero-order valence-corrected chi connectivity index (χ0v) is 18.8. The van der Waals surface area contributed by atoms with Crippen LogP contribution in [-0.4, -0.2) is 51.2 Å². The Kier molecular flexibility index (Phi) is 5.91. The lowest BCUT2D eigenvalue weighted by Gasteiger charge is -2.28. The highest BCUT2D eigenvalue weighted by atomic mass is 32.2. The molecule has 164 valence electrons. The summed E-state index contributed by atoms with van der Waals surface area (Å²) in [6.07, 6.45) is 0. The fraction of sp³-hybridized carbons (Fsp3) is 0.304. The van der Waals surface area contributed by atoms with Crippen molar-refractivity contribution >= 4 is 17.7 Å². The molecule has 4 aromatic rings. The molecule has 2 aromatic heterocycles. The topological polar surface area (TPSA) is 82.1 Å². The third-order valence-corrected chi connectivity index (χ3v) is 6.40. The smallest absolute Gasteiger partial charge is 0.240 e. The summed E-state index contributed by atoms with van der Waals surface area (Å²) in [4.78, 5) is 6.83. The largest absolute Gasteiger partial charge is 0.378 e. The van der Waals surface area contributed by atoms with Gasteiger partial charge < -0.3 is 14.2 Å². The van der Waals surface area contributed by atoms with E-state index in [0.717, 1.165) is 41.0 Å². The van der Waals surface area contributed by atoms with E-state index >= 15 is 0 Å². The molecule has 0 spiro atoms. The number of morpholine rings is 1. The van der Waals surface area contributed by atoms with Crippen molar-refractivity contribution in [1.82, 2.24) is 24.9 Å². The fourth-order valence-electron chi connectivity index (χ4n) is 3.65. The molecule has 0 radical (unpaired) electrons. The highest BCUT2D eigenvalue weighted by Gasteiger charge is 2.25. The third-order valence-electron chi connectivity index (χ3n) is 5.37. The molecule has 0 saturated carbocycles. The van der Waals surface area contributed by atoms with E-state index in [0.29, 0.717) is 24.9 Å². The number of hydrogen-bond acceptors (Lipinski definition) is 8. The molecule has 1 saturated heterocycles.